The number of carbonyl (C=O) groups excluding carboxylic acids is 4. The van der Waals surface area contributed by atoms with E-state index in [4.69, 9.17) is 0 Å². The Labute approximate surface area is 274 Å². The SMILES string of the molecule is CSc1cc(C2=CCC=C2)ccc1N1C(=O)c2ccc3c4c(ccc(c24)C1=O)C(=O)N(c1ccc(C2C=CC=C2)cc1SC)C3=O. The van der Waals surface area contributed by atoms with E-state index in [9.17, 15) is 19.2 Å². The van der Waals surface area contributed by atoms with Crippen molar-refractivity contribution in [1.29, 1.82) is 0 Å². The van der Waals surface area contributed by atoms with Crippen molar-refractivity contribution in [1.82, 2.24) is 0 Å². The molecule has 4 amide bonds. The highest BCUT2D eigenvalue weighted by Gasteiger charge is 2.41. The number of allylic oxidation sites excluding steroid dienone is 8. The number of anilines is 2. The van der Waals surface area contributed by atoms with Crippen LogP contribution in [0.2, 0.25) is 0 Å². The molecule has 0 bridgehead atoms. The number of rotatable bonds is 6. The van der Waals surface area contributed by atoms with Crippen molar-refractivity contribution in [2.75, 3.05) is 22.3 Å². The molecule has 6 nitrogen and oxygen atoms in total. The molecular formula is C38H26N2O4S2. The molecule has 0 radical (unpaired) electrons. The fraction of sp³-hybridized carbons (Fsp3) is 0.105. The molecule has 8 rings (SSSR count). The first-order valence-electron chi connectivity index (χ1n) is 14.9. The molecular weight excluding hydrogens is 613 g/mol. The van der Waals surface area contributed by atoms with Crippen LogP contribution in [0.25, 0.3) is 16.3 Å². The predicted octanol–water partition coefficient (Wildman–Crippen LogP) is 8.44. The standard InChI is InChI=1S/C38H26N2O4S2/c1-45-31-19-23(21-7-3-4-8-21)11-17-29(31)39-35(41)25-13-15-27-34-28(16-14-26(33(25)34)36(39)42)38(44)40(37(27)43)30-18-12-24(20-32(30)46-2)22-9-5-6-10-22/h3-5,7-21H,6H2,1-2H3. The summed E-state index contributed by atoms with van der Waals surface area (Å²) in [4.78, 5) is 60.5. The van der Waals surface area contributed by atoms with Crippen LogP contribution in [0.1, 0.15) is 64.9 Å². The van der Waals surface area contributed by atoms with E-state index in [-0.39, 0.29) is 28.2 Å². The first-order chi connectivity index (χ1) is 22.4. The van der Waals surface area contributed by atoms with Gasteiger partial charge in [0.05, 0.1) is 11.4 Å². The van der Waals surface area contributed by atoms with E-state index in [1.165, 1.54) is 33.3 Å². The molecule has 8 heteroatoms. The van der Waals surface area contributed by atoms with Gasteiger partial charge in [0.25, 0.3) is 23.6 Å². The van der Waals surface area contributed by atoms with Crippen LogP contribution < -0.4 is 9.80 Å². The molecule has 2 heterocycles. The van der Waals surface area contributed by atoms with Gasteiger partial charge >= 0.3 is 0 Å². The highest BCUT2D eigenvalue weighted by atomic mass is 32.2. The van der Waals surface area contributed by atoms with Gasteiger partial charge in [-0.15, -0.1) is 23.5 Å². The zero-order valence-electron chi connectivity index (χ0n) is 24.9. The van der Waals surface area contributed by atoms with E-state index in [0.717, 1.165) is 32.9 Å². The van der Waals surface area contributed by atoms with E-state index in [0.29, 0.717) is 22.1 Å². The van der Waals surface area contributed by atoms with Gasteiger partial charge < -0.3 is 0 Å². The van der Waals surface area contributed by atoms with Crippen molar-refractivity contribution in [2.45, 2.75) is 22.1 Å². The number of imide groups is 2. The third-order valence-corrected chi connectivity index (χ3v) is 10.5. The number of hydrogen-bond donors (Lipinski definition) is 0. The molecule has 0 saturated carbocycles. The second kappa shape index (κ2) is 10.9. The molecule has 0 N–H and O–H groups in total. The fourth-order valence-corrected chi connectivity index (χ4v) is 8.00. The fourth-order valence-electron chi connectivity index (χ4n) is 6.77. The third-order valence-electron chi connectivity index (χ3n) is 9.00. The van der Waals surface area contributed by atoms with E-state index in [2.05, 4.69) is 30.4 Å². The van der Waals surface area contributed by atoms with Gasteiger partial charge in [0, 0.05) is 48.7 Å². The Balaban J connectivity index is 1.22. The van der Waals surface area contributed by atoms with Crippen LogP contribution in [-0.4, -0.2) is 36.1 Å². The van der Waals surface area contributed by atoms with E-state index >= 15 is 0 Å². The minimum atomic E-state index is -0.484. The average molecular weight is 639 g/mol. The van der Waals surface area contributed by atoms with Gasteiger partial charge in [-0.05, 0) is 84.2 Å². The lowest BCUT2D eigenvalue weighted by atomic mass is 9.85. The van der Waals surface area contributed by atoms with E-state index in [1.54, 1.807) is 24.3 Å². The first kappa shape index (κ1) is 28.5. The summed E-state index contributed by atoms with van der Waals surface area (Å²) in [6.45, 7) is 0. The van der Waals surface area contributed by atoms with Gasteiger partial charge in [-0.1, -0.05) is 54.7 Å². The number of thioether (sulfide) groups is 2. The lowest BCUT2D eigenvalue weighted by Crippen LogP contribution is -2.43. The number of hydrogen-bond acceptors (Lipinski definition) is 6. The number of nitrogens with zero attached hydrogens (tertiary/aromatic N) is 2. The number of benzene rings is 4. The van der Waals surface area contributed by atoms with Crippen molar-refractivity contribution in [3.05, 3.63) is 137 Å². The Hall–Kier alpha value is -4.92. The Bertz CT molecular complexity index is 2130. The molecule has 0 saturated heterocycles. The molecule has 0 fully saturated rings. The van der Waals surface area contributed by atoms with Crippen molar-refractivity contribution in [3.8, 4) is 0 Å². The van der Waals surface area contributed by atoms with Gasteiger partial charge in [0.2, 0.25) is 0 Å². The Morgan fingerprint density at radius 1 is 0.630 bits per heavy atom. The van der Waals surface area contributed by atoms with Crippen molar-refractivity contribution in [2.24, 2.45) is 0 Å². The monoisotopic (exact) mass is 638 g/mol. The van der Waals surface area contributed by atoms with Crippen molar-refractivity contribution >= 4 is 74.9 Å². The molecule has 0 unspecified atom stereocenters. The highest BCUT2D eigenvalue weighted by molar-refractivity contribution is 7.99. The minimum absolute atomic E-state index is 0.144. The molecule has 4 aliphatic rings. The lowest BCUT2D eigenvalue weighted by molar-refractivity contribution is 0.0872. The predicted molar refractivity (Wildman–Crippen MR) is 185 cm³/mol. The van der Waals surface area contributed by atoms with E-state index < -0.39 is 23.6 Å². The van der Waals surface area contributed by atoms with Gasteiger partial charge in [-0.3, -0.25) is 19.2 Å². The summed E-state index contributed by atoms with van der Waals surface area (Å²) in [6, 6.07) is 18.0. The molecule has 0 atom stereocenters. The van der Waals surface area contributed by atoms with Crippen LogP contribution >= 0.6 is 23.5 Å². The van der Waals surface area contributed by atoms with Crippen LogP contribution in [0, 0.1) is 0 Å². The summed E-state index contributed by atoms with van der Waals surface area (Å²) in [5.74, 6) is -1.79. The summed E-state index contributed by atoms with van der Waals surface area (Å²) in [5, 5.41) is 0.706. The maximum atomic E-state index is 14.1. The summed E-state index contributed by atoms with van der Waals surface area (Å²) < 4.78 is 0. The topological polar surface area (TPSA) is 74.8 Å². The quantitative estimate of drug-likeness (QED) is 0.156. The molecule has 0 aromatic heterocycles. The minimum Gasteiger partial charge on any atom is -0.268 e. The summed E-state index contributed by atoms with van der Waals surface area (Å²) in [6.07, 6.45) is 19.2. The number of amides is 4. The van der Waals surface area contributed by atoms with Crippen LogP contribution in [0.4, 0.5) is 11.4 Å². The Morgan fingerprint density at radius 3 is 1.61 bits per heavy atom. The van der Waals surface area contributed by atoms with Crippen LogP contribution in [0.5, 0.6) is 0 Å². The largest absolute Gasteiger partial charge is 0.268 e. The summed E-state index contributed by atoms with van der Waals surface area (Å²) >= 11 is 2.94. The van der Waals surface area contributed by atoms with Crippen molar-refractivity contribution in [3.63, 3.8) is 0 Å². The molecule has 46 heavy (non-hydrogen) atoms. The highest BCUT2D eigenvalue weighted by Crippen LogP contribution is 2.43. The molecule has 224 valence electrons. The second-order valence-electron chi connectivity index (χ2n) is 11.4. The van der Waals surface area contributed by atoms with Crippen LogP contribution in [-0.2, 0) is 0 Å². The lowest BCUT2D eigenvalue weighted by Gasteiger charge is -2.33. The molecule has 4 aromatic carbocycles. The van der Waals surface area contributed by atoms with Gasteiger partial charge in [-0.25, -0.2) is 9.80 Å². The molecule has 2 aliphatic heterocycles. The second-order valence-corrected chi connectivity index (χ2v) is 13.1. The van der Waals surface area contributed by atoms with Gasteiger partial charge in [0.1, 0.15) is 0 Å². The Kier molecular flexibility index (Phi) is 6.74. The zero-order chi connectivity index (χ0) is 31.7. The van der Waals surface area contributed by atoms with E-state index in [1.807, 2.05) is 61.1 Å². The van der Waals surface area contributed by atoms with Crippen molar-refractivity contribution < 1.29 is 19.2 Å². The van der Waals surface area contributed by atoms with Gasteiger partial charge in [0.15, 0.2) is 0 Å². The maximum absolute atomic E-state index is 14.1. The first-order valence-corrected chi connectivity index (χ1v) is 17.3. The summed E-state index contributed by atoms with van der Waals surface area (Å²) in [5.41, 5.74) is 5.35. The van der Waals surface area contributed by atoms with Crippen LogP contribution in [0.3, 0.4) is 0 Å². The van der Waals surface area contributed by atoms with Crippen LogP contribution in [0.15, 0.2) is 113 Å². The molecule has 0 spiro atoms. The average Bonchev–Trinajstić information content (AvgIpc) is 3.82. The zero-order valence-corrected chi connectivity index (χ0v) is 26.6. The third kappa shape index (κ3) is 4.13. The van der Waals surface area contributed by atoms with Gasteiger partial charge in [-0.2, -0.15) is 0 Å². The normalized spacial score (nSPS) is 16.9. The number of carbonyl (C=O) groups is 4. The Morgan fingerprint density at radius 2 is 1.13 bits per heavy atom. The molecule has 4 aromatic rings. The smallest absolute Gasteiger partial charge is 0.266 e. The summed E-state index contributed by atoms with van der Waals surface area (Å²) in [7, 11) is 0. The maximum Gasteiger partial charge on any atom is 0.266 e. The molecule has 2 aliphatic carbocycles.